The summed E-state index contributed by atoms with van der Waals surface area (Å²) < 4.78 is 0. The van der Waals surface area contributed by atoms with Gasteiger partial charge in [0.05, 0.1) is 5.52 Å². The molecule has 0 radical (unpaired) electrons. The van der Waals surface area contributed by atoms with Gasteiger partial charge in [-0.3, -0.25) is 4.79 Å². The van der Waals surface area contributed by atoms with Gasteiger partial charge in [0.2, 0.25) is 0 Å². The predicted molar refractivity (Wildman–Crippen MR) is 73.2 cm³/mol. The van der Waals surface area contributed by atoms with Crippen LogP contribution in [0.5, 0.6) is 0 Å². The second-order valence-corrected chi connectivity index (χ2v) is 3.96. The molecule has 0 spiro atoms. The Hall–Kier alpha value is -2.34. The van der Waals surface area contributed by atoms with Crippen molar-refractivity contribution in [2.75, 3.05) is 5.73 Å². The molecule has 2 N–H and O–H groups in total. The number of Topliss-reactive ketones (excluding diaryl/α,β-unsaturated/α-hetero) is 1. The molecular weight excluding hydrogens is 224 g/mol. The SMILES string of the molecule is CC#CCCC(=O)c1cc(N)c2ccccc2n1. The summed E-state index contributed by atoms with van der Waals surface area (Å²) in [6.45, 7) is 1.76. The van der Waals surface area contributed by atoms with Gasteiger partial charge in [-0.2, -0.15) is 0 Å². The van der Waals surface area contributed by atoms with E-state index in [1.165, 1.54) is 0 Å². The maximum Gasteiger partial charge on any atom is 0.182 e. The average molecular weight is 238 g/mol. The molecule has 2 aromatic rings. The highest BCUT2D eigenvalue weighted by Crippen LogP contribution is 2.20. The second kappa shape index (κ2) is 5.33. The number of nitrogens with two attached hydrogens (primary N) is 1. The molecule has 1 aromatic heterocycles. The number of fused-ring (bicyclic) bond motifs is 1. The van der Waals surface area contributed by atoms with Gasteiger partial charge < -0.3 is 5.73 Å². The van der Waals surface area contributed by atoms with Crippen LogP contribution in [0.3, 0.4) is 0 Å². The molecular formula is C15H14N2O. The van der Waals surface area contributed by atoms with Gasteiger partial charge in [0, 0.05) is 23.9 Å². The highest BCUT2D eigenvalue weighted by atomic mass is 16.1. The van der Waals surface area contributed by atoms with Crippen molar-refractivity contribution in [1.82, 2.24) is 4.98 Å². The summed E-state index contributed by atoms with van der Waals surface area (Å²) in [4.78, 5) is 16.3. The molecule has 0 saturated heterocycles. The fourth-order valence-corrected chi connectivity index (χ4v) is 1.77. The van der Waals surface area contributed by atoms with Crippen molar-refractivity contribution in [3.05, 3.63) is 36.0 Å². The van der Waals surface area contributed by atoms with Crippen molar-refractivity contribution in [2.24, 2.45) is 0 Å². The standard InChI is InChI=1S/C15H14N2O/c1-2-3-4-9-15(18)14-10-12(16)11-7-5-6-8-13(11)17-14/h5-8,10H,4,9H2,1H3,(H2,16,17). The number of pyridine rings is 1. The first kappa shape index (κ1) is 12.1. The number of rotatable bonds is 3. The van der Waals surface area contributed by atoms with Gasteiger partial charge in [-0.15, -0.1) is 11.8 Å². The minimum Gasteiger partial charge on any atom is -0.398 e. The Kier molecular flexibility index (Phi) is 3.59. The zero-order valence-electron chi connectivity index (χ0n) is 10.2. The summed E-state index contributed by atoms with van der Waals surface area (Å²) in [7, 11) is 0. The molecule has 0 atom stereocenters. The second-order valence-electron chi connectivity index (χ2n) is 3.96. The minimum atomic E-state index is -0.0183. The van der Waals surface area contributed by atoms with E-state index >= 15 is 0 Å². The molecule has 2 rings (SSSR count). The number of hydrogen-bond donors (Lipinski definition) is 1. The number of ketones is 1. The largest absolute Gasteiger partial charge is 0.398 e. The number of anilines is 1. The molecule has 0 aliphatic heterocycles. The van der Waals surface area contributed by atoms with E-state index in [0.717, 1.165) is 10.9 Å². The Labute approximate surface area is 106 Å². The number of benzene rings is 1. The summed E-state index contributed by atoms with van der Waals surface area (Å²) in [5.41, 5.74) is 7.69. The normalized spacial score (nSPS) is 9.83. The predicted octanol–water partition coefficient (Wildman–Crippen LogP) is 2.80. The molecule has 0 saturated carbocycles. The number of para-hydroxylation sites is 1. The molecule has 0 bridgehead atoms. The Morgan fingerprint density at radius 3 is 2.94 bits per heavy atom. The minimum absolute atomic E-state index is 0.0183. The first-order valence-electron chi connectivity index (χ1n) is 5.80. The van der Waals surface area contributed by atoms with Gasteiger partial charge in [0.15, 0.2) is 5.78 Å². The molecule has 3 heteroatoms. The van der Waals surface area contributed by atoms with Crippen LogP contribution in [0.25, 0.3) is 10.9 Å². The van der Waals surface area contributed by atoms with Crippen molar-refractivity contribution >= 4 is 22.4 Å². The van der Waals surface area contributed by atoms with Crippen LogP contribution in [0.1, 0.15) is 30.3 Å². The maximum absolute atomic E-state index is 11.9. The summed E-state index contributed by atoms with van der Waals surface area (Å²) >= 11 is 0. The molecule has 90 valence electrons. The molecule has 3 nitrogen and oxygen atoms in total. The molecule has 0 aliphatic carbocycles. The van der Waals surface area contributed by atoms with Gasteiger partial charge in [-0.25, -0.2) is 4.98 Å². The zero-order chi connectivity index (χ0) is 13.0. The summed E-state index contributed by atoms with van der Waals surface area (Å²) in [6.07, 6.45) is 0.940. The third kappa shape index (κ3) is 2.49. The number of hydrogen-bond acceptors (Lipinski definition) is 3. The Balaban J connectivity index is 2.33. The van der Waals surface area contributed by atoms with Crippen molar-refractivity contribution in [3.63, 3.8) is 0 Å². The van der Waals surface area contributed by atoms with E-state index in [9.17, 15) is 4.79 Å². The summed E-state index contributed by atoms with van der Waals surface area (Å²) in [5.74, 6) is 5.62. The van der Waals surface area contributed by atoms with Crippen LogP contribution in [0, 0.1) is 11.8 Å². The van der Waals surface area contributed by atoms with Gasteiger partial charge in [0.1, 0.15) is 5.69 Å². The lowest BCUT2D eigenvalue weighted by Gasteiger charge is -2.04. The van der Waals surface area contributed by atoms with Crippen molar-refractivity contribution in [1.29, 1.82) is 0 Å². The van der Waals surface area contributed by atoms with E-state index in [1.807, 2.05) is 24.3 Å². The lowest BCUT2D eigenvalue weighted by atomic mass is 10.1. The van der Waals surface area contributed by atoms with Crippen LogP contribution in [0.4, 0.5) is 5.69 Å². The van der Waals surface area contributed by atoms with E-state index in [-0.39, 0.29) is 5.78 Å². The fourth-order valence-electron chi connectivity index (χ4n) is 1.77. The number of carbonyl (C=O) groups excluding carboxylic acids is 1. The average Bonchev–Trinajstić information content (AvgIpc) is 2.39. The van der Waals surface area contributed by atoms with Crippen molar-refractivity contribution in [3.8, 4) is 11.8 Å². The Morgan fingerprint density at radius 1 is 1.39 bits per heavy atom. The third-order valence-electron chi connectivity index (χ3n) is 2.69. The van der Waals surface area contributed by atoms with Crippen LogP contribution in [0.15, 0.2) is 30.3 Å². The van der Waals surface area contributed by atoms with Gasteiger partial charge in [-0.1, -0.05) is 18.2 Å². The van der Waals surface area contributed by atoms with E-state index in [2.05, 4.69) is 16.8 Å². The lowest BCUT2D eigenvalue weighted by Crippen LogP contribution is -2.03. The quantitative estimate of drug-likeness (QED) is 0.660. The van der Waals surface area contributed by atoms with E-state index in [1.54, 1.807) is 13.0 Å². The van der Waals surface area contributed by atoms with Crippen LogP contribution < -0.4 is 5.73 Å². The van der Waals surface area contributed by atoms with E-state index in [4.69, 9.17) is 5.73 Å². The van der Waals surface area contributed by atoms with E-state index in [0.29, 0.717) is 24.2 Å². The maximum atomic E-state index is 11.9. The first-order valence-corrected chi connectivity index (χ1v) is 5.80. The molecule has 0 fully saturated rings. The van der Waals surface area contributed by atoms with E-state index < -0.39 is 0 Å². The molecule has 1 heterocycles. The van der Waals surface area contributed by atoms with Crippen molar-refractivity contribution in [2.45, 2.75) is 19.8 Å². The van der Waals surface area contributed by atoms with Crippen LogP contribution in [-0.2, 0) is 0 Å². The molecule has 0 unspecified atom stereocenters. The molecule has 0 aliphatic rings. The molecule has 0 amide bonds. The Bertz CT molecular complexity index is 650. The summed E-state index contributed by atoms with van der Waals surface area (Å²) in [6, 6.07) is 9.18. The first-order chi connectivity index (χ1) is 8.72. The van der Waals surface area contributed by atoms with Crippen LogP contribution in [-0.4, -0.2) is 10.8 Å². The van der Waals surface area contributed by atoms with Crippen LogP contribution >= 0.6 is 0 Å². The fraction of sp³-hybridized carbons (Fsp3) is 0.200. The third-order valence-corrected chi connectivity index (χ3v) is 2.69. The topological polar surface area (TPSA) is 56.0 Å². The highest BCUT2D eigenvalue weighted by Gasteiger charge is 2.09. The summed E-state index contributed by atoms with van der Waals surface area (Å²) in [5, 5.41) is 0.877. The number of nitrogen functional groups attached to an aromatic ring is 1. The van der Waals surface area contributed by atoms with Crippen molar-refractivity contribution < 1.29 is 4.79 Å². The number of carbonyl (C=O) groups is 1. The molecule has 18 heavy (non-hydrogen) atoms. The Morgan fingerprint density at radius 2 is 2.17 bits per heavy atom. The number of aromatic nitrogens is 1. The van der Waals surface area contributed by atoms with Gasteiger partial charge in [-0.05, 0) is 19.1 Å². The van der Waals surface area contributed by atoms with Crippen LogP contribution in [0.2, 0.25) is 0 Å². The monoisotopic (exact) mass is 238 g/mol. The van der Waals surface area contributed by atoms with Gasteiger partial charge >= 0.3 is 0 Å². The number of nitrogens with zero attached hydrogens (tertiary/aromatic N) is 1. The zero-order valence-corrected chi connectivity index (χ0v) is 10.2. The lowest BCUT2D eigenvalue weighted by molar-refractivity contribution is 0.0980. The highest BCUT2D eigenvalue weighted by molar-refractivity contribution is 6.00. The molecule has 1 aromatic carbocycles. The smallest absolute Gasteiger partial charge is 0.182 e. The van der Waals surface area contributed by atoms with Gasteiger partial charge in [0.25, 0.3) is 0 Å².